The van der Waals surface area contributed by atoms with Gasteiger partial charge in [-0.3, -0.25) is 14.2 Å². The molecule has 0 saturated heterocycles. The van der Waals surface area contributed by atoms with Crippen molar-refractivity contribution < 1.29 is 4.79 Å². The second-order valence-electron chi connectivity index (χ2n) is 8.01. The number of benzene rings is 1. The molecule has 1 aliphatic rings. The number of rotatable bonds is 8. The van der Waals surface area contributed by atoms with Gasteiger partial charge >= 0.3 is 0 Å². The van der Waals surface area contributed by atoms with Gasteiger partial charge in [-0.05, 0) is 50.2 Å². The Balaban J connectivity index is 1.50. The molecule has 0 atom stereocenters. The average molecular weight is 454 g/mol. The number of aromatic nitrogens is 2. The number of nitrogens with zero attached hydrogens (tertiary/aromatic N) is 2. The van der Waals surface area contributed by atoms with Crippen LogP contribution in [0.4, 0.5) is 0 Å². The monoisotopic (exact) mass is 453 g/mol. The number of hydrogen-bond donors (Lipinski definition) is 1. The van der Waals surface area contributed by atoms with E-state index in [1.165, 1.54) is 34.2 Å². The first-order valence-electron chi connectivity index (χ1n) is 10.7. The molecule has 0 aliphatic heterocycles. The van der Waals surface area contributed by atoms with Crippen molar-refractivity contribution in [1.82, 2.24) is 14.9 Å². The number of carbonyl (C=O) groups excluding carboxylic acids is 1. The van der Waals surface area contributed by atoms with Crippen LogP contribution < -0.4 is 10.9 Å². The van der Waals surface area contributed by atoms with Crippen molar-refractivity contribution in [2.45, 2.75) is 50.7 Å². The smallest absolute Gasteiger partial charge is 0.263 e. The van der Waals surface area contributed by atoms with Crippen LogP contribution in [0.2, 0.25) is 0 Å². The Labute approximate surface area is 190 Å². The number of aryl methyl sites for hydroxylation is 2. The zero-order valence-electron chi connectivity index (χ0n) is 17.8. The third-order valence-corrected chi connectivity index (χ3v) is 7.54. The lowest BCUT2D eigenvalue weighted by Gasteiger charge is -2.13. The van der Waals surface area contributed by atoms with E-state index in [0.29, 0.717) is 18.2 Å². The fraction of sp³-hybridized carbons (Fsp3) is 0.375. The molecule has 1 aliphatic carbocycles. The Kier molecular flexibility index (Phi) is 6.92. The summed E-state index contributed by atoms with van der Waals surface area (Å²) in [5, 5.41) is 4.33. The van der Waals surface area contributed by atoms with E-state index >= 15 is 0 Å². The minimum Gasteiger partial charge on any atom is -0.355 e. The van der Waals surface area contributed by atoms with Gasteiger partial charge in [-0.15, -0.1) is 11.3 Å². The number of carbonyl (C=O) groups is 1. The van der Waals surface area contributed by atoms with E-state index in [4.69, 9.17) is 4.98 Å². The third-order valence-electron chi connectivity index (χ3n) is 5.38. The molecule has 0 spiro atoms. The number of thiophene rings is 1. The largest absolute Gasteiger partial charge is 0.355 e. The zero-order valence-corrected chi connectivity index (χ0v) is 19.4. The number of nitrogens with one attached hydrogen (secondary N) is 1. The second kappa shape index (κ2) is 9.83. The molecule has 1 N–H and O–H groups in total. The second-order valence-corrected chi connectivity index (χ2v) is 10.0. The highest BCUT2D eigenvalue weighted by molar-refractivity contribution is 7.99. The van der Waals surface area contributed by atoms with Crippen molar-refractivity contribution >= 4 is 39.2 Å². The molecule has 0 saturated carbocycles. The van der Waals surface area contributed by atoms with E-state index in [9.17, 15) is 9.59 Å². The van der Waals surface area contributed by atoms with Crippen LogP contribution in [0.25, 0.3) is 10.2 Å². The quantitative estimate of drug-likeness (QED) is 0.313. The lowest BCUT2D eigenvalue weighted by atomic mass is 9.97. The van der Waals surface area contributed by atoms with Crippen LogP contribution in [0.3, 0.4) is 0 Å². The van der Waals surface area contributed by atoms with Crippen molar-refractivity contribution in [2.75, 3.05) is 12.3 Å². The third kappa shape index (κ3) is 5.10. The summed E-state index contributed by atoms with van der Waals surface area (Å²) in [5.41, 5.74) is 3.27. The summed E-state index contributed by atoms with van der Waals surface area (Å²) in [6.45, 7) is 6.90. The van der Waals surface area contributed by atoms with Gasteiger partial charge < -0.3 is 5.32 Å². The Morgan fingerprint density at radius 3 is 2.81 bits per heavy atom. The van der Waals surface area contributed by atoms with Crippen molar-refractivity contribution in [3.8, 4) is 0 Å². The Bertz CT molecular complexity index is 1170. The van der Waals surface area contributed by atoms with Crippen LogP contribution in [0.15, 0.2) is 52.4 Å². The van der Waals surface area contributed by atoms with Gasteiger partial charge in [0.05, 0.1) is 11.1 Å². The molecule has 5 nitrogen and oxygen atoms in total. The number of thioether (sulfide) groups is 1. The highest BCUT2D eigenvalue weighted by Crippen LogP contribution is 2.34. The van der Waals surface area contributed by atoms with Crippen LogP contribution in [-0.2, 0) is 30.6 Å². The maximum absolute atomic E-state index is 13.4. The van der Waals surface area contributed by atoms with Gasteiger partial charge in [0.25, 0.3) is 5.56 Å². The number of allylic oxidation sites excluding steroid dienone is 1. The van der Waals surface area contributed by atoms with E-state index in [0.717, 1.165) is 41.5 Å². The molecule has 0 fully saturated rings. The van der Waals surface area contributed by atoms with E-state index < -0.39 is 0 Å². The molecule has 2 aromatic heterocycles. The van der Waals surface area contributed by atoms with Gasteiger partial charge in [0.15, 0.2) is 5.16 Å². The standard InChI is InChI=1S/C24H27N3O2S2/c1-16(2)14-27-23(29)21-18-10-6-7-11-19(18)31-22(21)26-24(27)30-15-20(28)25-13-12-17-8-4-3-5-9-17/h3-5,8-9H,1,6-7,10-15H2,2H3,(H,25,28). The fourth-order valence-electron chi connectivity index (χ4n) is 3.91. The Morgan fingerprint density at radius 1 is 1.26 bits per heavy atom. The normalized spacial score (nSPS) is 13.2. The van der Waals surface area contributed by atoms with Crippen molar-refractivity contribution in [1.29, 1.82) is 0 Å². The SMILES string of the molecule is C=C(C)Cn1c(SCC(=O)NCCc2ccccc2)nc2sc3c(c2c1=O)CCCC3. The maximum Gasteiger partial charge on any atom is 0.263 e. The molecule has 162 valence electrons. The van der Waals surface area contributed by atoms with E-state index in [-0.39, 0.29) is 17.2 Å². The minimum absolute atomic E-state index is 0.000569. The molecule has 2 heterocycles. The average Bonchev–Trinajstić information content (AvgIpc) is 3.13. The molecule has 4 rings (SSSR count). The van der Waals surface area contributed by atoms with Gasteiger partial charge in [0.1, 0.15) is 4.83 Å². The first kappa shape index (κ1) is 21.8. The van der Waals surface area contributed by atoms with Crippen molar-refractivity contribution in [3.63, 3.8) is 0 Å². The van der Waals surface area contributed by atoms with Gasteiger partial charge in [0, 0.05) is 18.0 Å². The van der Waals surface area contributed by atoms with Gasteiger partial charge in [-0.1, -0.05) is 54.2 Å². The van der Waals surface area contributed by atoms with Gasteiger partial charge in [0.2, 0.25) is 5.91 Å². The van der Waals surface area contributed by atoms with E-state index in [1.807, 2.05) is 25.1 Å². The number of hydrogen-bond acceptors (Lipinski definition) is 5. The molecule has 0 unspecified atom stereocenters. The molecular weight excluding hydrogens is 426 g/mol. The highest BCUT2D eigenvalue weighted by Gasteiger charge is 2.22. The predicted octanol–water partition coefficient (Wildman–Crippen LogP) is 4.36. The lowest BCUT2D eigenvalue weighted by Crippen LogP contribution is -2.28. The first-order chi connectivity index (χ1) is 15.0. The number of amides is 1. The van der Waals surface area contributed by atoms with E-state index in [1.54, 1.807) is 15.9 Å². The molecule has 0 radical (unpaired) electrons. The van der Waals surface area contributed by atoms with Crippen molar-refractivity contribution in [3.05, 3.63) is 68.8 Å². The summed E-state index contributed by atoms with van der Waals surface area (Å²) < 4.78 is 1.69. The molecule has 3 aromatic rings. The van der Waals surface area contributed by atoms with E-state index in [2.05, 4.69) is 24.0 Å². The first-order valence-corrected chi connectivity index (χ1v) is 12.5. The van der Waals surface area contributed by atoms with Gasteiger partial charge in [-0.25, -0.2) is 4.98 Å². The fourth-order valence-corrected chi connectivity index (χ4v) is 6.04. The van der Waals surface area contributed by atoms with Crippen LogP contribution in [0.1, 0.15) is 35.8 Å². The van der Waals surface area contributed by atoms with Crippen LogP contribution in [0, 0.1) is 0 Å². The summed E-state index contributed by atoms with van der Waals surface area (Å²) in [7, 11) is 0. The molecule has 1 aromatic carbocycles. The minimum atomic E-state index is -0.0531. The molecule has 31 heavy (non-hydrogen) atoms. The van der Waals surface area contributed by atoms with Crippen LogP contribution in [-0.4, -0.2) is 27.8 Å². The summed E-state index contributed by atoms with van der Waals surface area (Å²) in [6, 6.07) is 10.1. The van der Waals surface area contributed by atoms with Gasteiger partial charge in [-0.2, -0.15) is 0 Å². The topological polar surface area (TPSA) is 64.0 Å². The summed E-state index contributed by atoms with van der Waals surface area (Å²) in [4.78, 5) is 32.7. The molecule has 0 bridgehead atoms. The lowest BCUT2D eigenvalue weighted by molar-refractivity contribution is -0.118. The maximum atomic E-state index is 13.4. The highest BCUT2D eigenvalue weighted by atomic mass is 32.2. The summed E-state index contributed by atoms with van der Waals surface area (Å²) >= 11 is 2.96. The zero-order chi connectivity index (χ0) is 21.8. The summed E-state index contributed by atoms with van der Waals surface area (Å²) in [5.74, 6) is 0.177. The molecule has 1 amide bonds. The summed E-state index contributed by atoms with van der Waals surface area (Å²) in [6.07, 6.45) is 5.07. The van der Waals surface area contributed by atoms with Crippen LogP contribution in [0.5, 0.6) is 0 Å². The molecule has 7 heteroatoms. The number of fused-ring (bicyclic) bond motifs is 3. The van der Waals surface area contributed by atoms with Crippen LogP contribution >= 0.6 is 23.1 Å². The Hall–Kier alpha value is -2.38. The Morgan fingerprint density at radius 2 is 2.03 bits per heavy atom. The molecular formula is C24H27N3O2S2. The van der Waals surface area contributed by atoms with Crippen molar-refractivity contribution in [2.24, 2.45) is 0 Å². The predicted molar refractivity (Wildman–Crippen MR) is 129 cm³/mol.